The number of benzene rings is 1. The molecule has 2 rings (SSSR count). The number of aliphatic hydroxyl groups excluding tert-OH is 1. The molecule has 0 saturated carbocycles. The van der Waals surface area contributed by atoms with Crippen LogP contribution in [0.2, 0.25) is 0 Å². The smallest absolute Gasteiger partial charge is 0.0635 e. The number of hydrogen-bond donors (Lipinski definition) is 2. The van der Waals surface area contributed by atoms with Crippen LogP contribution in [0.4, 0.5) is 5.69 Å². The largest absolute Gasteiger partial charge is 0.394 e. The first-order valence-electron chi connectivity index (χ1n) is 7.57. The molecule has 1 aliphatic rings. The molecule has 0 aromatic heterocycles. The number of nitrogens with one attached hydrogen (secondary N) is 1. The average Bonchev–Trinajstić information content (AvgIpc) is 2.92. The van der Waals surface area contributed by atoms with Crippen molar-refractivity contribution in [1.82, 2.24) is 5.32 Å². The summed E-state index contributed by atoms with van der Waals surface area (Å²) in [5, 5.41) is 13.1. The Morgan fingerprint density at radius 1 is 1.50 bits per heavy atom. The van der Waals surface area contributed by atoms with Crippen molar-refractivity contribution in [2.24, 2.45) is 0 Å². The van der Waals surface area contributed by atoms with Gasteiger partial charge in [-0.3, -0.25) is 0 Å². The Morgan fingerprint density at radius 2 is 2.30 bits per heavy atom. The van der Waals surface area contributed by atoms with E-state index in [0.717, 1.165) is 36.8 Å². The van der Waals surface area contributed by atoms with E-state index in [-0.39, 0.29) is 12.6 Å². The number of halogens is 1. The second-order valence-electron chi connectivity index (χ2n) is 5.55. The van der Waals surface area contributed by atoms with Gasteiger partial charge in [-0.05, 0) is 50.4 Å². The van der Waals surface area contributed by atoms with Crippen LogP contribution in [-0.2, 0) is 0 Å². The summed E-state index contributed by atoms with van der Waals surface area (Å²) in [5.41, 5.74) is 2.58. The molecule has 20 heavy (non-hydrogen) atoms. The van der Waals surface area contributed by atoms with Crippen LogP contribution in [0.15, 0.2) is 22.7 Å². The minimum Gasteiger partial charge on any atom is -0.394 e. The van der Waals surface area contributed by atoms with E-state index in [1.165, 1.54) is 11.3 Å². The molecule has 0 amide bonds. The van der Waals surface area contributed by atoms with Gasteiger partial charge < -0.3 is 15.3 Å². The summed E-state index contributed by atoms with van der Waals surface area (Å²) in [4.78, 5) is 2.37. The maximum absolute atomic E-state index is 9.57. The molecule has 4 heteroatoms. The van der Waals surface area contributed by atoms with Gasteiger partial charge in [-0.1, -0.05) is 28.9 Å². The van der Waals surface area contributed by atoms with Crippen LogP contribution in [0, 0.1) is 0 Å². The van der Waals surface area contributed by atoms with Crippen LogP contribution < -0.4 is 10.2 Å². The highest BCUT2D eigenvalue weighted by Crippen LogP contribution is 2.34. The summed E-state index contributed by atoms with van der Waals surface area (Å²) >= 11 is 3.58. The van der Waals surface area contributed by atoms with Crippen molar-refractivity contribution in [2.75, 3.05) is 24.6 Å². The first-order valence-corrected chi connectivity index (χ1v) is 8.37. The molecule has 2 unspecified atom stereocenters. The Kier molecular flexibility index (Phi) is 5.87. The normalized spacial score (nSPS) is 20.4. The molecular formula is C16H25BrN2O. The van der Waals surface area contributed by atoms with Crippen molar-refractivity contribution in [2.45, 2.75) is 45.2 Å². The van der Waals surface area contributed by atoms with Gasteiger partial charge in [0.1, 0.15) is 0 Å². The topological polar surface area (TPSA) is 35.5 Å². The molecule has 1 aliphatic heterocycles. The van der Waals surface area contributed by atoms with E-state index in [0.29, 0.717) is 6.04 Å². The predicted molar refractivity (Wildman–Crippen MR) is 88.3 cm³/mol. The van der Waals surface area contributed by atoms with Crippen LogP contribution in [0.5, 0.6) is 0 Å². The molecule has 0 radical (unpaired) electrons. The third kappa shape index (κ3) is 3.54. The highest BCUT2D eigenvalue weighted by Gasteiger charge is 2.26. The predicted octanol–water partition coefficient (Wildman–Crippen LogP) is 3.47. The van der Waals surface area contributed by atoms with Gasteiger partial charge in [-0.25, -0.2) is 0 Å². The minimum absolute atomic E-state index is 0.239. The number of rotatable bonds is 6. The molecule has 1 fully saturated rings. The van der Waals surface area contributed by atoms with Crippen LogP contribution in [0.3, 0.4) is 0 Å². The zero-order valence-electron chi connectivity index (χ0n) is 12.4. The zero-order chi connectivity index (χ0) is 14.5. The maximum atomic E-state index is 9.57. The molecule has 1 aromatic rings. The molecule has 0 bridgehead atoms. The summed E-state index contributed by atoms with van der Waals surface area (Å²) in [7, 11) is 0. The van der Waals surface area contributed by atoms with Gasteiger partial charge in [-0.15, -0.1) is 0 Å². The molecule has 1 heterocycles. The van der Waals surface area contributed by atoms with Gasteiger partial charge in [0.25, 0.3) is 0 Å². The molecular weight excluding hydrogens is 316 g/mol. The fourth-order valence-corrected chi connectivity index (χ4v) is 3.29. The quantitative estimate of drug-likeness (QED) is 0.832. The second kappa shape index (κ2) is 7.43. The third-order valence-electron chi connectivity index (χ3n) is 4.06. The van der Waals surface area contributed by atoms with E-state index in [1.807, 2.05) is 0 Å². The Labute approximate surface area is 130 Å². The van der Waals surface area contributed by atoms with Crippen molar-refractivity contribution in [3.63, 3.8) is 0 Å². The molecule has 3 nitrogen and oxygen atoms in total. The summed E-state index contributed by atoms with van der Waals surface area (Å²) in [6.07, 6.45) is 3.38. The second-order valence-corrected chi connectivity index (χ2v) is 6.47. The summed E-state index contributed by atoms with van der Waals surface area (Å²) in [6.45, 7) is 6.70. The Hall–Kier alpha value is -0.580. The highest BCUT2D eigenvalue weighted by molar-refractivity contribution is 9.10. The van der Waals surface area contributed by atoms with Crippen molar-refractivity contribution in [3.8, 4) is 0 Å². The van der Waals surface area contributed by atoms with Crippen molar-refractivity contribution >= 4 is 21.6 Å². The summed E-state index contributed by atoms with van der Waals surface area (Å²) < 4.78 is 1.10. The van der Waals surface area contributed by atoms with Gasteiger partial charge >= 0.3 is 0 Å². The number of nitrogens with zero attached hydrogens (tertiary/aromatic N) is 1. The Morgan fingerprint density at radius 3 is 3.00 bits per heavy atom. The number of hydrogen-bond acceptors (Lipinski definition) is 3. The van der Waals surface area contributed by atoms with E-state index >= 15 is 0 Å². The molecule has 1 saturated heterocycles. The highest BCUT2D eigenvalue weighted by atomic mass is 79.9. The van der Waals surface area contributed by atoms with Gasteiger partial charge in [-0.2, -0.15) is 0 Å². The lowest BCUT2D eigenvalue weighted by molar-refractivity contribution is 0.266. The Balaban J connectivity index is 2.28. The molecule has 0 spiro atoms. The lowest BCUT2D eigenvalue weighted by Gasteiger charge is -2.30. The Bertz CT molecular complexity index is 438. The minimum atomic E-state index is 0.239. The van der Waals surface area contributed by atoms with Crippen LogP contribution in [-0.4, -0.2) is 30.8 Å². The average molecular weight is 341 g/mol. The van der Waals surface area contributed by atoms with Crippen LogP contribution >= 0.6 is 15.9 Å². The van der Waals surface area contributed by atoms with Crippen molar-refractivity contribution in [3.05, 3.63) is 28.2 Å². The standard InChI is InChI=1S/C16H25BrN2O/c1-3-8-18-12(2)15-7-6-13(17)10-16(15)19-9-4-5-14(19)11-20/h6-7,10,12,14,18,20H,3-5,8-9,11H2,1-2H3. The lowest BCUT2D eigenvalue weighted by atomic mass is 10.0. The molecule has 2 N–H and O–H groups in total. The van der Waals surface area contributed by atoms with E-state index in [1.54, 1.807) is 0 Å². The van der Waals surface area contributed by atoms with Crippen LogP contribution in [0.25, 0.3) is 0 Å². The van der Waals surface area contributed by atoms with Crippen molar-refractivity contribution in [1.29, 1.82) is 0 Å². The third-order valence-corrected chi connectivity index (χ3v) is 4.55. The van der Waals surface area contributed by atoms with Gasteiger partial charge in [0.15, 0.2) is 0 Å². The number of anilines is 1. The van der Waals surface area contributed by atoms with E-state index in [4.69, 9.17) is 0 Å². The van der Waals surface area contributed by atoms with Crippen molar-refractivity contribution < 1.29 is 5.11 Å². The summed E-state index contributed by atoms with van der Waals surface area (Å²) in [6, 6.07) is 7.08. The van der Waals surface area contributed by atoms with E-state index in [9.17, 15) is 5.11 Å². The number of aliphatic hydroxyl groups is 1. The zero-order valence-corrected chi connectivity index (χ0v) is 14.0. The molecule has 112 valence electrons. The lowest BCUT2D eigenvalue weighted by Crippen LogP contribution is -2.33. The van der Waals surface area contributed by atoms with Gasteiger partial charge in [0.2, 0.25) is 0 Å². The summed E-state index contributed by atoms with van der Waals surface area (Å²) in [5.74, 6) is 0. The molecule has 0 aliphatic carbocycles. The van der Waals surface area contributed by atoms with E-state index < -0.39 is 0 Å². The fourth-order valence-electron chi connectivity index (χ4n) is 2.95. The molecule has 1 aromatic carbocycles. The first-order chi connectivity index (χ1) is 9.67. The SMILES string of the molecule is CCCNC(C)c1ccc(Br)cc1N1CCCC1CO. The fraction of sp³-hybridized carbons (Fsp3) is 0.625. The maximum Gasteiger partial charge on any atom is 0.0635 e. The van der Waals surface area contributed by atoms with Gasteiger partial charge in [0.05, 0.1) is 12.6 Å². The molecule has 2 atom stereocenters. The van der Waals surface area contributed by atoms with E-state index in [2.05, 4.69) is 58.2 Å². The van der Waals surface area contributed by atoms with Gasteiger partial charge in [0, 0.05) is 22.7 Å². The monoisotopic (exact) mass is 340 g/mol. The first kappa shape index (κ1) is 15.8. The van der Waals surface area contributed by atoms with Crippen LogP contribution in [0.1, 0.15) is 44.7 Å².